The van der Waals surface area contributed by atoms with E-state index in [2.05, 4.69) is 6.92 Å². The molecule has 0 bridgehead atoms. The van der Waals surface area contributed by atoms with Crippen molar-refractivity contribution in [1.82, 2.24) is 0 Å². The molecule has 30 heavy (non-hydrogen) atoms. The van der Waals surface area contributed by atoms with Gasteiger partial charge in [0.1, 0.15) is 6.10 Å². The van der Waals surface area contributed by atoms with E-state index in [4.69, 9.17) is 9.29 Å². The molecule has 0 radical (unpaired) electrons. The summed E-state index contributed by atoms with van der Waals surface area (Å²) in [7, 11) is -5.18. The van der Waals surface area contributed by atoms with E-state index in [1.165, 1.54) is 44.9 Å². The molecule has 0 aliphatic rings. The summed E-state index contributed by atoms with van der Waals surface area (Å²) in [5.74, 6) is -4.28. The van der Waals surface area contributed by atoms with Crippen molar-refractivity contribution in [3.63, 3.8) is 0 Å². The Bertz CT molecular complexity index is 532. The summed E-state index contributed by atoms with van der Waals surface area (Å²) in [6, 6.07) is 0. The number of carboxylic acids is 2. The van der Waals surface area contributed by atoms with E-state index in [9.17, 15) is 28.2 Å². The molecule has 8 nitrogen and oxygen atoms in total. The van der Waals surface area contributed by atoms with Gasteiger partial charge in [-0.15, -0.1) is 0 Å². The van der Waals surface area contributed by atoms with Crippen LogP contribution >= 0.6 is 0 Å². The van der Waals surface area contributed by atoms with Gasteiger partial charge in [-0.3, -0.25) is 4.55 Å². The van der Waals surface area contributed by atoms with E-state index >= 15 is 0 Å². The van der Waals surface area contributed by atoms with Crippen molar-refractivity contribution in [2.24, 2.45) is 0 Å². The monoisotopic (exact) mass is 477 g/mol. The number of hydrogen-bond acceptors (Lipinski definition) is 7. The molecular weight excluding hydrogens is 445 g/mol. The number of hydrogen-bond donors (Lipinski definition) is 1. The van der Waals surface area contributed by atoms with Crippen molar-refractivity contribution in [3.05, 3.63) is 0 Å². The number of carbonyl (C=O) groups excluding carboxylic acids is 2. The molecule has 0 saturated carbocycles. The Hall–Kier alpha value is 1.81. The molecule has 0 aliphatic carbocycles. The van der Waals surface area contributed by atoms with Crippen LogP contribution < -0.4 is 98.9 Å². The van der Waals surface area contributed by atoms with Crippen LogP contribution in [-0.4, -0.2) is 42.9 Å². The van der Waals surface area contributed by atoms with Gasteiger partial charge in [-0.05, 0) is 6.42 Å². The molecule has 0 aromatic carbocycles. The van der Waals surface area contributed by atoms with Crippen molar-refractivity contribution >= 4 is 22.1 Å². The fourth-order valence-corrected chi connectivity index (χ4v) is 3.58. The summed E-state index contributed by atoms with van der Waals surface area (Å²) in [6.45, 7) is 2.05. The van der Waals surface area contributed by atoms with Crippen molar-refractivity contribution in [3.8, 4) is 0 Å². The largest absolute Gasteiger partial charge is 1.00 e. The van der Waals surface area contributed by atoms with Crippen LogP contribution in [0.4, 0.5) is 0 Å². The van der Waals surface area contributed by atoms with E-state index < -0.39 is 33.4 Å². The van der Waals surface area contributed by atoms with Gasteiger partial charge in [0, 0.05) is 6.61 Å². The third-order valence-electron chi connectivity index (χ3n) is 4.36. The number of carboxylic acid groups (broad SMARTS) is 2. The molecule has 0 rings (SSSR count). The molecule has 2 unspecified atom stereocenters. The maximum absolute atomic E-state index is 11.0. The summed E-state index contributed by atoms with van der Waals surface area (Å²) in [4.78, 5) is 21.7. The quantitative estimate of drug-likeness (QED) is 0.116. The summed E-state index contributed by atoms with van der Waals surface area (Å²) >= 11 is 0. The van der Waals surface area contributed by atoms with Gasteiger partial charge in [0.15, 0.2) is 5.25 Å². The third-order valence-corrected chi connectivity index (χ3v) is 5.44. The fraction of sp³-hybridized carbons (Fsp3) is 0.889. The van der Waals surface area contributed by atoms with Crippen molar-refractivity contribution < 1.29 is 126 Å². The molecule has 0 fully saturated rings. The van der Waals surface area contributed by atoms with Gasteiger partial charge >= 0.3 is 88.7 Å². The van der Waals surface area contributed by atoms with Crippen LogP contribution in [-0.2, 0) is 24.4 Å². The van der Waals surface area contributed by atoms with Gasteiger partial charge in [0.2, 0.25) is 0 Å². The van der Waals surface area contributed by atoms with E-state index in [0.29, 0.717) is 6.42 Å². The van der Waals surface area contributed by atoms with Crippen LogP contribution in [0.3, 0.4) is 0 Å². The summed E-state index contributed by atoms with van der Waals surface area (Å²) in [6.07, 6.45) is 10.8. The molecule has 0 amide bonds. The van der Waals surface area contributed by atoms with Crippen LogP contribution in [0.2, 0.25) is 0 Å². The number of unbranched alkanes of at least 4 members (excludes halogenated alkanes) is 11. The van der Waals surface area contributed by atoms with Gasteiger partial charge in [0.05, 0.1) is 11.9 Å². The zero-order valence-corrected chi connectivity index (χ0v) is 25.9. The molecule has 2 atom stereocenters. The van der Waals surface area contributed by atoms with E-state index in [1.54, 1.807) is 0 Å². The first kappa shape index (κ1) is 39.0. The Morgan fingerprint density at radius 2 is 1.13 bits per heavy atom. The summed E-state index contributed by atoms with van der Waals surface area (Å²) < 4.78 is 35.7. The van der Waals surface area contributed by atoms with Crippen LogP contribution in [0.1, 0.15) is 84.0 Å². The van der Waals surface area contributed by atoms with Crippen molar-refractivity contribution in [2.45, 2.75) is 95.3 Å². The molecule has 0 aliphatic heterocycles. The van der Waals surface area contributed by atoms with Crippen LogP contribution in [0.5, 0.6) is 0 Å². The zero-order chi connectivity index (χ0) is 20.7. The first-order valence-electron chi connectivity index (χ1n) is 9.71. The fourth-order valence-electron chi connectivity index (χ4n) is 2.83. The number of rotatable bonds is 18. The zero-order valence-electron chi connectivity index (χ0n) is 19.1. The van der Waals surface area contributed by atoms with E-state index in [0.717, 1.165) is 25.7 Å². The topological polar surface area (TPSA) is 144 Å². The number of carbonyl (C=O) groups is 2. The number of aliphatic carboxylic acids is 2. The van der Waals surface area contributed by atoms with Gasteiger partial charge < -0.3 is 24.5 Å². The van der Waals surface area contributed by atoms with E-state index in [-0.39, 0.29) is 95.3 Å². The molecule has 0 aromatic heterocycles. The minimum Gasteiger partial charge on any atom is -0.549 e. The van der Waals surface area contributed by atoms with Crippen LogP contribution in [0.15, 0.2) is 0 Å². The maximum atomic E-state index is 11.0. The Morgan fingerprint density at radius 3 is 1.43 bits per heavy atom. The molecule has 0 heterocycles. The molecule has 0 spiro atoms. The molecule has 0 aromatic rings. The molecule has 1 N–H and O–H groups in total. The Kier molecular flexibility index (Phi) is 31.2. The molecular formula is C18H32Na3O8S+. The second kappa shape index (κ2) is 24.0. The second-order valence-corrected chi connectivity index (χ2v) is 8.29. The minimum atomic E-state index is -5.18. The van der Waals surface area contributed by atoms with Gasteiger partial charge in [-0.25, -0.2) is 0 Å². The predicted octanol–water partition coefficient (Wildman–Crippen LogP) is -8.16. The Balaban J connectivity index is -0.00000113. The molecule has 12 heteroatoms. The normalized spacial score (nSPS) is 12.6. The summed E-state index contributed by atoms with van der Waals surface area (Å²) in [5, 5.41) is 19.0. The van der Waals surface area contributed by atoms with Crippen molar-refractivity contribution in [2.75, 3.05) is 6.61 Å². The van der Waals surface area contributed by atoms with Crippen LogP contribution in [0, 0.1) is 0 Å². The molecule has 160 valence electrons. The van der Waals surface area contributed by atoms with Gasteiger partial charge in [0.25, 0.3) is 10.1 Å². The minimum absolute atomic E-state index is 0. The van der Waals surface area contributed by atoms with Gasteiger partial charge in [-0.2, -0.15) is 8.42 Å². The second-order valence-electron chi connectivity index (χ2n) is 6.75. The Morgan fingerprint density at radius 1 is 0.767 bits per heavy atom. The average molecular weight is 477 g/mol. The third kappa shape index (κ3) is 20.4. The van der Waals surface area contributed by atoms with Crippen molar-refractivity contribution in [1.29, 1.82) is 0 Å². The van der Waals surface area contributed by atoms with Gasteiger partial charge in [-0.1, -0.05) is 77.6 Å². The SMILES string of the molecule is CCCCCCCCCCCCCCOC(C(=O)[O-])C(C(=O)[O-])S(=O)(=O)O.[Na+].[Na+].[Na+]. The Labute approximate surface area is 247 Å². The number of ether oxygens (including phenoxy) is 1. The first-order valence-corrected chi connectivity index (χ1v) is 11.2. The van der Waals surface area contributed by atoms with E-state index in [1.807, 2.05) is 0 Å². The predicted molar refractivity (Wildman–Crippen MR) is 96.2 cm³/mol. The smallest absolute Gasteiger partial charge is 0.549 e. The standard InChI is InChI=1S/C18H34O8S.3Na/c1-2-3-4-5-6-7-8-9-10-11-12-13-14-26-15(17(19)20)16(18(21)22)27(23,24)25;;;/h15-16H,2-14H2,1H3,(H,19,20)(H,21,22)(H,23,24,25);;;/q;3*+1/p-2. The average Bonchev–Trinajstić information content (AvgIpc) is 2.56. The summed E-state index contributed by atoms with van der Waals surface area (Å²) in [5.41, 5.74) is 0. The molecule has 0 saturated heterocycles. The first-order chi connectivity index (χ1) is 12.7. The van der Waals surface area contributed by atoms with Crippen LogP contribution in [0.25, 0.3) is 0 Å². The maximum Gasteiger partial charge on any atom is 1.00 e.